The highest BCUT2D eigenvalue weighted by atomic mass is 16.5. The molecule has 19 heavy (non-hydrogen) atoms. The van der Waals surface area contributed by atoms with E-state index < -0.39 is 6.10 Å². The smallest absolute Gasteiger partial charge is 0.102 e. The molecule has 0 aliphatic heterocycles. The largest absolute Gasteiger partial charge is 0.386 e. The summed E-state index contributed by atoms with van der Waals surface area (Å²) in [7, 11) is 0. The minimum Gasteiger partial charge on any atom is -0.386 e. The van der Waals surface area contributed by atoms with E-state index in [0.717, 1.165) is 24.0 Å². The molecule has 0 amide bonds. The fourth-order valence-corrected chi connectivity index (χ4v) is 2.61. The van der Waals surface area contributed by atoms with Gasteiger partial charge in [-0.3, -0.25) is 0 Å². The van der Waals surface area contributed by atoms with Crippen LogP contribution < -0.4 is 5.73 Å². The first-order valence-electron chi connectivity index (χ1n) is 7.38. The summed E-state index contributed by atoms with van der Waals surface area (Å²) in [6.45, 7) is 0.932. The highest BCUT2D eigenvalue weighted by Crippen LogP contribution is 2.22. The van der Waals surface area contributed by atoms with Gasteiger partial charge in [-0.2, -0.15) is 0 Å². The van der Waals surface area contributed by atoms with E-state index in [4.69, 9.17) is 10.5 Å². The van der Waals surface area contributed by atoms with Crippen molar-refractivity contribution in [2.45, 2.75) is 57.3 Å². The van der Waals surface area contributed by atoms with Gasteiger partial charge in [-0.15, -0.1) is 0 Å². The van der Waals surface area contributed by atoms with Crippen LogP contribution in [-0.4, -0.2) is 17.8 Å². The van der Waals surface area contributed by atoms with Crippen LogP contribution in [0, 0.1) is 0 Å². The molecular weight excluding hydrogens is 238 g/mol. The lowest BCUT2D eigenvalue weighted by molar-refractivity contribution is -0.0159. The second kappa shape index (κ2) is 7.63. The van der Waals surface area contributed by atoms with Crippen LogP contribution in [0.3, 0.4) is 0 Å². The van der Waals surface area contributed by atoms with Gasteiger partial charge in [-0.25, -0.2) is 0 Å². The SMILES string of the molecule is NCc1ccc(C(O)COC2CCCCCC2)cc1. The predicted molar refractivity (Wildman–Crippen MR) is 76.7 cm³/mol. The van der Waals surface area contributed by atoms with Gasteiger partial charge in [0, 0.05) is 6.54 Å². The van der Waals surface area contributed by atoms with Crippen molar-refractivity contribution in [3.63, 3.8) is 0 Å². The van der Waals surface area contributed by atoms with E-state index in [1.165, 1.54) is 25.7 Å². The predicted octanol–water partition coefficient (Wildman–Crippen LogP) is 2.92. The molecule has 1 aliphatic rings. The average Bonchev–Trinajstić information content (AvgIpc) is 2.73. The number of ether oxygens (including phenoxy) is 1. The Hall–Kier alpha value is -0.900. The number of rotatable bonds is 5. The standard InChI is InChI=1S/C16H25NO2/c17-11-13-7-9-14(10-8-13)16(18)12-19-15-5-3-1-2-4-6-15/h7-10,15-16,18H,1-6,11-12,17H2. The average molecular weight is 263 g/mol. The molecule has 2 rings (SSSR count). The Morgan fingerprint density at radius 3 is 2.32 bits per heavy atom. The first kappa shape index (κ1) is 14.5. The Morgan fingerprint density at radius 2 is 1.74 bits per heavy atom. The Morgan fingerprint density at radius 1 is 1.11 bits per heavy atom. The maximum atomic E-state index is 10.1. The molecule has 3 heteroatoms. The van der Waals surface area contributed by atoms with Crippen LogP contribution in [-0.2, 0) is 11.3 Å². The molecule has 3 nitrogen and oxygen atoms in total. The topological polar surface area (TPSA) is 55.5 Å². The first-order valence-corrected chi connectivity index (χ1v) is 7.38. The molecule has 0 heterocycles. The molecule has 0 aromatic heterocycles. The maximum Gasteiger partial charge on any atom is 0.102 e. The van der Waals surface area contributed by atoms with Crippen molar-refractivity contribution in [2.75, 3.05) is 6.61 Å². The molecule has 0 spiro atoms. The number of benzene rings is 1. The van der Waals surface area contributed by atoms with Crippen LogP contribution >= 0.6 is 0 Å². The molecule has 1 fully saturated rings. The molecule has 106 valence electrons. The van der Waals surface area contributed by atoms with Crippen molar-refractivity contribution in [3.8, 4) is 0 Å². The van der Waals surface area contributed by atoms with Crippen molar-refractivity contribution in [2.24, 2.45) is 5.73 Å². The van der Waals surface area contributed by atoms with E-state index in [0.29, 0.717) is 19.3 Å². The lowest BCUT2D eigenvalue weighted by Gasteiger charge is -2.18. The Kier molecular flexibility index (Phi) is 5.83. The number of aliphatic hydroxyl groups excluding tert-OH is 1. The van der Waals surface area contributed by atoms with Crippen LogP contribution in [0.25, 0.3) is 0 Å². The number of nitrogens with two attached hydrogens (primary N) is 1. The van der Waals surface area contributed by atoms with Crippen molar-refractivity contribution >= 4 is 0 Å². The summed E-state index contributed by atoms with van der Waals surface area (Å²) in [4.78, 5) is 0. The van der Waals surface area contributed by atoms with E-state index >= 15 is 0 Å². The first-order chi connectivity index (χ1) is 9.29. The monoisotopic (exact) mass is 263 g/mol. The second-order valence-corrected chi connectivity index (χ2v) is 5.41. The van der Waals surface area contributed by atoms with E-state index in [9.17, 15) is 5.11 Å². The van der Waals surface area contributed by atoms with Crippen molar-refractivity contribution in [3.05, 3.63) is 35.4 Å². The lowest BCUT2D eigenvalue weighted by Crippen LogP contribution is -2.17. The summed E-state index contributed by atoms with van der Waals surface area (Å²) in [5.74, 6) is 0. The summed E-state index contributed by atoms with van der Waals surface area (Å²) in [6, 6.07) is 7.79. The summed E-state index contributed by atoms with van der Waals surface area (Å²) < 4.78 is 5.86. The van der Waals surface area contributed by atoms with E-state index in [1.807, 2.05) is 24.3 Å². The summed E-state index contributed by atoms with van der Waals surface area (Å²) in [6.07, 6.45) is 7.23. The summed E-state index contributed by atoms with van der Waals surface area (Å²) >= 11 is 0. The van der Waals surface area contributed by atoms with E-state index in [1.54, 1.807) is 0 Å². The van der Waals surface area contributed by atoms with Gasteiger partial charge in [0.15, 0.2) is 0 Å². The van der Waals surface area contributed by atoms with Crippen LogP contribution in [0.4, 0.5) is 0 Å². The highest BCUT2D eigenvalue weighted by molar-refractivity contribution is 5.24. The third kappa shape index (κ3) is 4.60. The molecule has 0 saturated heterocycles. The summed E-state index contributed by atoms with van der Waals surface area (Å²) in [5, 5.41) is 10.1. The van der Waals surface area contributed by atoms with Gasteiger partial charge in [0.2, 0.25) is 0 Å². The molecule has 1 atom stereocenters. The molecule has 1 unspecified atom stereocenters. The highest BCUT2D eigenvalue weighted by Gasteiger charge is 2.15. The Balaban J connectivity index is 1.80. The lowest BCUT2D eigenvalue weighted by atomic mass is 10.1. The normalized spacial score (nSPS) is 19.1. The van der Waals surface area contributed by atoms with E-state index in [2.05, 4.69) is 0 Å². The number of aliphatic hydroxyl groups is 1. The molecule has 1 saturated carbocycles. The van der Waals surface area contributed by atoms with Gasteiger partial charge in [0.25, 0.3) is 0 Å². The van der Waals surface area contributed by atoms with Crippen molar-refractivity contribution in [1.29, 1.82) is 0 Å². The summed E-state index contributed by atoms with van der Waals surface area (Å²) in [5.41, 5.74) is 7.55. The van der Waals surface area contributed by atoms with E-state index in [-0.39, 0.29) is 0 Å². The van der Waals surface area contributed by atoms with Crippen LogP contribution in [0.15, 0.2) is 24.3 Å². The zero-order valence-corrected chi connectivity index (χ0v) is 11.6. The van der Waals surface area contributed by atoms with Crippen LogP contribution in [0.5, 0.6) is 0 Å². The molecule has 1 aliphatic carbocycles. The van der Waals surface area contributed by atoms with Gasteiger partial charge < -0.3 is 15.6 Å². The van der Waals surface area contributed by atoms with Crippen molar-refractivity contribution in [1.82, 2.24) is 0 Å². The van der Waals surface area contributed by atoms with Gasteiger partial charge in [-0.1, -0.05) is 49.9 Å². The van der Waals surface area contributed by atoms with Gasteiger partial charge in [0.1, 0.15) is 6.10 Å². The maximum absolute atomic E-state index is 10.1. The minimum atomic E-state index is -0.532. The third-order valence-corrected chi connectivity index (χ3v) is 3.89. The zero-order valence-electron chi connectivity index (χ0n) is 11.6. The fourth-order valence-electron chi connectivity index (χ4n) is 2.61. The quantitative estimate of drug-likeness (QED) is 0.803. The third-order valence-electron chi connectivity index (χ3n) is 3.89. The van der Waals surface area contributed by atoms with Crippen LogP contribution in [0.1, 0.15) is 55.8 Å². The van der Waals surface area contributed by atoms with Crippen molar-refractivity contribution < 1.29 is 9.84 Å². The van der Waals surface area contributed by atoms with Gasteiger partial charge >= 0.3 is 0 Å². The number of hydrogen-bond acceptors (Lipinski definition) is 3. The Labute approximate surface area is 115 Å². The molecule has 1 aromatic carbocycles. The molecule has 0 radical (unpaired) electrons. The fraction of sp³-hybridized carbons (Fsp3) is 0.625. The minimum absolute atomic E-state index is 0.334. The van der Waals surface area contributed by atoms with Gasteiger partial charge in [-0.05, 0) is 24.0 Å². The number of hydrogen-bond donors (Lipinski definition) is 2. The molecule has 0 bridgehead atoms. The van der Waals surface area contributed by atoms with Gasteiger partial charge in [0.05, 0.1) is 12.7 Å². The molecular formula is C16H25NO2. The van der Waals surface area contributed by atoms with Crippen LogP contribution in [0.2, 0.25) is 0 Å². The zero-order chi connectivity index (χ0) is 13.5. The molecule has 1 aromatic rings. The Bertz CT molecular complexity index is 356. The second-order valence-electron chi connectivity index (χ2n) is 5.41. The molecule has 3 N–H and O–H groups in total.